The number of halogens is 2. The van der Waals surface area contributed by atoms with E-state index in [4.69, 9.17) is 26.8 Å². The van der Waals surface area contributed by atoms with Gasteiger partial charge >= 0.3 is 6.03 Å². The Hall–Kier alpha value is -3.37. The molecule has 0 atom stereocenters. The first-order valence-corrected chi connectivity index (χ1v) is 10.8. The molecule has 1 aliphatic rings. The lowest BCUT2D eigenvalue weighted by atomic mass is 10.1. The number of amides is 5. The summed E-state index contributed by atoms with van der Waals surface area (Å²) >= 11 is 9.38. The van der Waals surface area contributed by atoms with Crippen LogP contribution in [0.4, 0.5) is 10.5 Å². The summed E-state index contributed by atoms with van der Waals surface area (Å²) < 4.78 is 11.4. The summed E-state index contributed by atoms with van der Waals surface area (Å²) in [6.45, 7) is 3.39. The Bertz CT molecular complexity index is 1200. The minimum atomic E-state index is -0.876. The van der Waals surface area contributed by atoms with Crippen molar-refractivity contribution in [3.63, 3.8) is 0 Å². The average molecular weight is 537 g/mol. The third-order valence-electron chi connectivity index (χ3n) is 4.52. The molecule has 1 aliphatic heterocycles. The molecule has 2 aromatic carbocycles. The summed E-state index contributed by atoms with van der Waals surface area (Å²) in [7, 11) is 0. The van der Waals surface area contributed by atoms with Crippen LogP contribution in [0.3, 0.4) is 0 Å². The zero-order valence-corrected chi connectivity index (χ0v) is 20.0. The first kappa shape index (κ1) is 24.3. The molecule has 0 saturated carbocycles. The van der Waals surface area contributed by atoms with Crippen LogP contribution in [0.1, 0.15) is 18.1 Å². The zero-order valence-electron chi connectivity index (χ0n) is 17.6. The van der Waals surface area contributed by atoms with Gasteiger partial charge in [0.05, 0.1) is 16.8 Å². The van der Waals surface area contributed by atoms with Crippen molar-refractivity contribution in [1.82, 2.24) is 5.32 Å². The number of nitrogens with one attached hydrogen (secondary N) is 1. The molecule has 3 N–H and O–H groups in total. The van der Waals surface area contributed by atoms with Gasteiger partial charge in [0.15, 0.2) is 18.1 Å². The summed E-state index contributed by atoms with van der Waals surface area (Å²) in [4.78, 5) is 50.1. The van der Waals surface area contributed by atoms with Crippen molar-refractivity contribution in [3.05, 3.63) is 56.5 Å². The topological polar surface area (TPSA) is 128 Å². The molecule has 1 heterocycles. The van der Waals surface area contributed by atoms with Crippen molar-refractivity contribution in [2.24, 2.45) is 5.73 Å². The van der Waals surface area contributed by atoms with Crippen LogP contribution in [0.25, 0.3) is 6.08 Å². The molecule has 9 nitrogen and oxygen atoms in total. The fourth-order valence-electron chi connectivity index (χ4n) is 3.08. The van der Waals surface area contributed by atoms with E-state index in [0.717, 1.165) is 4.90 Å². The lowest BCUT2D eigenvalue weighted by Gasteiger charge is -2.27. The Morgan fingerprint density at radius 2 is 1.94 bits per heavy atom. The Morgan fingerprint density at radius 1 is 1.21 bits per heavy atom. The Kier molecular flexibility index (Phi) is 7.39. The van der Waals surface area contributed by atoms with E-state index in [2.05, 4.69) is 21.2 Å². The van der Waals surface area contributed by atoms with Gasteiger partial charge < -0.3 is 15.2 Å². The van der Waals surface area contributed by atoms with E-state index < -0.39 is 23.8 Å². The number of primary amides is 1. The van der Waals surface area contributed by atoms with Gasteiger partial charge in [-0.3, -0.25) is 19.7 Å². The fraction of sp³-hybridized carbons (Fsp3) is 0.182. The number of rotatable bonds is 7. The van der Waals surface area contributed by atoms with E-state index in [1.165, 1.54) is 18.2 Å². The molecule has 0 unspecified atom stereocenters. The Morgan fingerprint density at radius 3 is 2.61 bits per heavy atom. The molecule has 1 saturated heterocycles. The van der Waals surface area contributed by atoms with E-state index in [1.807, 2.05) is 0 Å². The molecule has 2 aromatic rings. The predicted molar refractivity (Wildman–Crippen MR) is 125 cm³/mol. The molecule has 0 spiro atoms. The highest BCUT2D eigenvalue weighted by molar-refractivity contribution is 9.10. The van der Waals surface area contributed by atoms with Crippen molar-refractivity contribution in [3.8, 4) is 11.5 Å². The van der Waals surface area contributed by atoms with Gasteiger partial charge in [0, 0.05) is 5.02 Å². The zero-order chi connectivity index (χ0) is 24.3. The predicted octanol–water partition coefficient (Wildman–Crippen LogP) is 3.34. The van der Waals surface area contributed by atoms with Crippen molar-refractivity contribution >= 4 is 63.0 Å². The summed E-state index contributed by atoms with van der Waals surface area (Å²) in [5.74, 6) is -1.81. The highest BCUT2D eigenvalue weighted by Gasteiger charge is 2.37. The number of ether oxygens (including phenoxy) is 2. The Labute approximate surface area is 202 Å². The summed E-state index contributed by atoms with van der Waals surface area (Å²) in [6, 6.07) is 6.98. The minimum absolute atomic E-state index is 0.239. The molecule has 1 fully saturated rings. The normalized spacial score (nSPS) is 15.0. The number of barbiturate groups is 1. The number of carbonyl (C=O) groups excluding carboxylic acids is 4. The largest absolute Gasteiger partial charge is 0.490 e. The van der Waals surface area contributed by atoms with Crippen LogP contribution >= 0.6 is 27.5 Å². The second kappa shape index (κ2) is 10.1. The quantitative estimate of drug-likeness (QED) is 0.413. The van der Waals surface area contributed by atoms with Crippen LogP contribution in [-0.4, -0.2) is 37.0 Å². The number of carbonyl (C=O) groups is 4. The average Bonchev–Trinajstić information content (AvgIpc) is 2.73. The molecule has 0 aliphatic carbocycles. The van der Waals surface area contributed by atoms with E-state index in [1.54, 1.807) is 32.0 Å². The maximum atomic E-state index is 13.2. The molecular formula is C22H19BrClN3O6. The van der Waals surface area contributed by atoms with E-state index >= 15 is 0 Å². The second-order valence-corrected chi connectivity index (χ2v) is 8.20. The molecular weight excluding hydrogens is 518 g/mol. The molecule has 0 bridgehead atoms. The fourth-order valence-corrected chi connectivity index (χ4v) is 3.82. The lowest BCUT2D eigenvalue weighted by molar-refractivity contribution is -0.123. The van der Waals surface area contributed by atoms with Crippen LogP contribution in [0, 0.1) is 6.92 Å². The van der Waals surface area contributed by atoms with E-state index in [0.29, 0.717) is 20.6 Å². The van der Waals surface area contributed by atoms with Gasteiger partial charge in [0.25, 0.3) is 17.7 Å². The van der Waals surface area contributed by atoms with Crippen LogP contribution in [0.15, 0.2) is 40.4 Å². The second-order valence-electron chi connectivity index (χ2n) is 6.91. The molecule has 5 amide bonds. The van der Waals surface area contributed by atoms with Gasteiger partial charge in [0.2, 0.25) is 0 Å². The standard InChI is InChI=1S/C22H19BrClN3O6/c1-3-32-17-8-12(7-15(23)19(17)33-10-18(25)28)6-14-20(29)26-22(31)27(21(14)30)16-9-13(24)5-4-11(16)2/h4-9H,3,10H2,1-2H3,(H2,25,28)(H,26,29,31)/b14-6+. The lowest BCUT2D eigenvalue weighted by Crippen LogP contribution is -2.54. The highest BCUT2D eigenvalue weighted by Crippen LogP contribution is 2.38. The first-order valence-electron chi connectivity index (χ1n) is 9.67. The molecule has 0 aromatic heterocycles. The number of hydrogen-bond donors (Lipinski definition) is 2. The Balaban J connectivity index is 2.04. The van der Waals surface area contributed by atoms with Gasteiger partial charge in [-0.1, -0.05) is 17.7 Å². The minimum Gasteiger partial charge on any atom is -0.490 e. The molecule has 33 heavy (non-hydrogen) atoms. The summed E-state index contributed by atoms with van der Waals surface area (Å²) in [6.07, 6.45) is 1.32. The number of benzene rings is 2. The van der Waals surface area contributed by atoms with Gasteiger partial charge in [-0.05, 0) is 71.2 Å². The number of aryl methyl sites for hydroxylation is 1. The maximum absolute atomic E-state index is 13.2. The van der Waals surface area contributed by atoms with E-state index in [9.17, 15) is 19.2 Å². The monoisotopic (exact) mass is 535 g/mol. The van der Waals surface area contributed by atoms with Crippen LogP contribution in [-0.2, 0) is 14.4 Å². The number of imide groups is 2. The number of urea groups is 1. The third-order valence-corrected chi connectivity index (χ3v) is 5.34. The molecule has 3 rings (SSSR count). The maximum Gasteiger partial charge on any atom is 0.335 e. The first-order chi connectivity index (χ1) is 15.6. The van der Waals surface area contributed by atoms with Crippen molar-refractivity contribution in [2.45, 2.75) is 13.8 Å². The van der Waals surface area contributed by atoms with Crippen molar-refractivity contribution in [2.75, 3.05) is 18.1 Å². The third kappa shape index (κ3) is 5.35. The van der Waals surface area contributed by atoms with E-state index in [-0.39, 0.29) is 36.0 Å². The van der Waals surface area contributed by atoms with Crippen molar-refractivity contribution in [1.29, 1.82) is 0 Å². The number of anilines is 1. The molecule has 11 heteroatoms. The summed E-state index contributed by atoms with van der Waals surface area (Å²) in [5.41, 5.74) is 6.16. The van der Waals surface area contributed by atoms with Gasteiger partial charge in [0.1, 0.15) is 5.57 Å². The van der Waals surface area contributed by atoms with Crippen LogP contribution in [0.2, 0.25) is 5.02 Å². The van der Waals surface area contributed by atoms with Crippen LogP contribution in [0.5, 0.6) is 11.5 Å². The number of nitrogens with zero attached hydrogens (tertiary/aromatic N) is 1. The van der Waals surface area contributed by atoms with Gasteiger partial charge in [-0.15, -0.1) is 0 Å². The van der Waals surface area contributed by atoms with Gasteiger partial charge in [-0.2, -0.15) is 0 Å². The molecule has 172 valence electrons. The number of nitrogens with two attached hydrogens (primary N) is 1. The smallest absolute Gasteiger partial charge is 0.335 e. The summed E-state index contributed by atoms with van der Waals surface area (Å²) in [5, 5.41) is 2.50. The van der Waals surface area contributed by atoms with Gasteiger partial charge in [-0.25, -0.2) is 9.69 Å². The molecule has 0 radical (unpaired) electrons. The van der Waals surface area contributed by atoms with Crippen LogP contribution < -0.4 is 25.4 Å². The van der Waals surface area contributed by atoms with Crippen molar-refractivity contribution < 1.29 is 28.7 Å². The number of hydrogen-bond acceptors (Lipinski definition) is 6. The SMILES string of the molecule is CCOc1cc(/C=C2\C(=O)NC(=O)N(c3cc(Cl)ccc3C)C2=O)cc(Br)c1OCC(N)=O. The highest BCUT2D eigenvalue weighted by atomic mass is 79.9.